The Morgan fingerprint density at radius 2 is 1.97 bits per heavy atom. The van der Waals surface area contributed by atoms with Gasteiger partial charge in [-0.1, -0.05) is 0 Å². The van der Waals surface area contributed by atoms with E-state index in [0.717, 1.165) is 0 Å². The van der Waals surface area contributed by atoms with Crippen LogP contribution in [-0.4, -0.2) is 62.9 Å². The van der Waals surface area contributed by atoms with Crippen molar-refractivity contribution in [1.29, 1.82) is 0 Å². The minimum Gasteiger partial charge on any atom is -0.444 e. The molecule has 0 N–H and O–H groups in total. The van der Waals surface area contributed by atoms with Gasteiger partial charge in [0.2, 0.25) is 0 Å². The Bertz CT molecular complexity index is 1020. The molecule has 1 fully saturated rings. The average Bonchev–Trinajstić information content (AvgIpc) is 3.05. The first-order valence-corrected chi connectivity index (χ1v) is 10.2. The van der Waals surface area contributed by atoms with Crippen LogP contribution in [0, 0.1) is 11.6 Å². The number of rotatable bonds is 0. The van der Waals surface area contributed by atoms with E-state index >= 15 is 0 Å². The van der Waals surface area contributed by atoms with Crippen LogP contribution in [0.15, 0.2) is 10.7 Å². The molecule has 1 aromatic heterocycles. The Morgan fingerprint density at radius 3 is 2.66 bits per heavy atom. The quantitative estimate of drug-likeness (QED) is 0.552. The van der Waals surface area contributed by atoms with E-state index in [0.29, 0.717) is 18.4 Å². The standard InChI is InChI=1S/C19H21BrF2N4O3/c1-19(2,3)29-18(28)24-6-7-25-10(9-24)4-5-26-16-11(8-23-26)13(20)15(22)14(21)12(16)17(25)27/h8,10H,4-7,9H2,1-3H3/t10-/m0/s1. The molecular formula is C19H21BrF2N4O3. The second-order valence-corrected chi connectivity index (χ2v) is 9.11. The van der Waals surface area contributed by atoms with Gasteiger partial charge < -0.3 is 14.5 Å². The van der Waals surface area contributed by atoms with Gasteiger partial charge in [0.25, 0.3) is 5.91 Å². The van der Waals surface area contributed by atoms with E-state index in [4.69, 9.17) is 4.74 Å². The zero-order valence-electron chi connectivity index (χ0n) is 16.3. The van der Waals surface area contributed by atoms with Crippen LogP contribution in [-0.2, 0) is 11.3 Å². The number of carbonyl (C=O) groups excluding carboxylic acids is 2. The van der Waals surface area contributed by atoms with Crippen molar-refractivity contribution in [2.45, 2.75) is 45.4 Å². The van der Waals surface area contributed by atoms with Crippen molar-refractivity contribution in [3.8, 4) is 0 Å². The second-order valence-electron chi connectivity index (χ2n) is 8.31. The fourth-order valence-corrected chi connectivity index (χ4v) is 4.34. The highest BCUT2D eigenvalue weighted by Gasteiger charge is 2.39. The molecule has 0 bridgehead atoms. The summed E-state index contributed by atoms with van der Waals surface area (Å²) in [6.07, 6.45) is 1.50. The number of carbonyl (C=O) groups is 2. The van der Waals surface area contributed by atoms with Crippen LogP contribution >= 0.6 is 15.9 Å². The SMILES string of the molecule is CC(C)(C)OC(=O)N1CCN2C(=O)c3c(F)c(F)c(Br)c4cnn(c34)CC[C@H]2C1. The van der Waals surface area contributed by atoms with E-state index < -0.39 is 29.2 Å². The van der Waals surface area contributed by atoms with E-state index in [2.05, 4.69) is 21.0 Å². The van der Waals surface area contributed by atoms with Crippen LogP contribution < -0.4 is 0 Å². The summed E-state index contributed by atoms with van der Waals surface area (Å²) < 4.78 is 36.1. The summed E-state index contributed by atoms with van der Waals surface area (Å²) in [5.41, 5.74) is -0.652. The summed E-state index contributed by atoms with van der Waals surface area (Å²) >= 11 is 3.06. The molecule has 1 saturated heterocycles. The molecule has 4 rings (SSSR count). The lowest BCUT2D eigenvalue weighted by atomic mass is 10.0. The summed E-state index contributed by atoms with van der Waals surface area (Å²) in [5, 5.41) is 4.58. The summed E-state index contributed by atoms with van der Waals surface area (Å²) in [7, 11) is 0. The number of aromatic nitrogens is 2. The lowest BCUT2D eigenvalue weighted by molar-refractivity contribution is 0.00262. The zero-order chi connectivity index (χ0) is 21.1. The highest BCUT2D eigenvalue weighted by molar-refractivity contribution is 9.10. The number of halogens is 3. The van der Waals surface area contributed by atoms with Crippen LogP contribution in [0.1, 0.15) is 37.6 Å². The monoisotopic (exact) mass is 470 g/mol. The Hall–Kier alpha value is -2.23. The summed E-state index contributed by atoms with van der Waals surface area (Å²) in [6.45, 7) is 6.52. The largest absolute Gasteiger partial charge is 0.444 e. The molecule has 0 aliphatic carbocycles. The second kappa shape index (κ2) is 6.93. The van der Waals surface area contributed by atoms with Gasteiger partial charge in [0.1, 0.15) is 11.2 Å². The molecule has 10 heteroatoms. The maximum Gasteiger partial charge on any atom is 0.410 e. The third-order valence-corrected chi connectivity index (χ3v) is 5.98. The first-order valence-electron chi connectivity index (χ1n) is 9.39. The number of nitrogens with zero attached hydrogens (tertiary/aromatic N) is 4. The van der Waals surface area contributed by atoms with Crippen molar-refractivity contribution in [1.82, 2.24) is 19.6 Å². The maximum atomic E-state index is 14.8. The van der Waals surface area contributed by atoms with Gasteiger partial charge in [-0.2, -0.15) is 5.10 Å². The summed E-state index contributed by atoms with van der Waals surface area (Å²) in [4.78, 5) is 28.7. The third kappa shape index (κ3) is 3.37. The summed E-state index contributed by atoms with van der Waals surface area (Å²) in [6, 6.07) is -0.345. The van der Waals surface area contributed by atoms with Gasteiger partial charge >= 0.3 is 6.09 Å². The molecule has 0 saturated carbocycles. The molecule has 0 radical (unpaired) electrons. The van der Waals surface area contributed by atoms with Crippen molar-refractivity contribution in [2.75, 3.05) is 19.6 Å². The molecular weight excluding hydrogens is 450 g/mol. The highest BCUT2D eigenvalue weighted by atomic mass is 79.9. The Labute approximate surface area is 174 Å². The fourth-order valence-electron chi connectivity index (χ4n) is 3.88. The van der Waals surface area contributed by atoms with E-state index in [1.807, 2.05) is 0 Å². The van der Waals surface area contributed by atoms with E-state index in [1.165, 1.54) is 15.8 Å². The Kier molecular flexibility index (Phi) is 4.79. The first kappa shape index (κ1) is 20.1. The predicted molar refractivity (Wildman–Crippen MR) is 105 cm³/mol. The first-order chi connectivity index (χ1) is 13.6. The number of hydrogen-bond acceptors (Lipinski definition) is 4. The number of amides is 2. The van der Waals surface area contributed by atoms with Gasteiger partial charge in [0, 0.05) is 31.6 Å². The predicted octanol–water partition coefficient (Wildman–Crippen LogP) is 3.54. The van der Waals surface area contributed by atoms with Gasteiger partial charge in [-0.3, -0.25) is 9.48 Å². The normalized spacial score (nSPS) is 19.8. The van der Waals surface area contributed by atoms with Crippen LogP contribution in [0.4, 0.5) is 13.6 Å². The number of hydrogen-bond donors (Lipinski definition) is 0. The third-order valence-electron chi connectivity index (χ3n) is 5.20. The molecule has 1 atom stereocenters. The lowest BCUT2D eigenvalue weighted by Gasteiger charge is -2.42. The molecule has 7 nitrogen and oxygen atoms in total. The van der Waals surface area contributed by atoms with E-state index in [1.54, 1.807) is 25.7 Å². The highest BCUT2D eigenvalue weighted by Crippen LogP contribution is 2.35. The Morgan fingerprint density at radius 1 is 1.24 bits per heavy atom. The maximum absolute atomic E-state index is 14.8. The van der Waals surface area contributed by atoms with Crippen molar-refractivity contribution in [3.05, 3.63) is 27.9 Å². The van der Waals surface area contributed by atoms with Crippen molar-refractivity contribution >= 4 is 38.8 Å². The Balaban J connectivity index is 1.69. The number of ether oxygens (including phenoxy) is 1. The number of benzene rings is 1. The zero-order valence-corrected chi connectivity index (χ0v) is 17.9. The molecule has 2 aliphatic heterocycles. The smallest absolute Gasteiger partial charge is 0.410 e. The molecule has 0 unspecified atom stereocenters. The minimum absolute atomic E-state index is 0.0420. The van der Waals surface area contributed by atoms with Gasteiger partial charge in [0.05, 0.1) is 22.2 Å². The van der Waals surface area contributed by atoms with Gasteiger partial charge in [-0.05, 0) is 43.1 Å². The molecule has 29 heavy (non-hydrogen) atoms. The average molecular weight is 471 g/mol. The minimum atomic E-state index is -1.19. The lowest BCUT2D eigenvalue weighted by Crippen LogP contribution is -2.58. The molecule has 2 aliphatic rings. The van der Waals surface area contributed by atoms with Crippen LogP contribution in [0.2, 0.25) is 0 Å². The van der Waals surface area contributed by atoms with Crippen molar-refractivity contribution < 1.29 is 23.1 Å². The van der Waals surface area contributed by atoms with Crippen molar-refractivity contribution in [2.24, 2.45) is 0 Å². The van der Waals surface area contributed by atoms with E-state index in [9.17, 15) is 18.4 Å². The molecule has 2 aromatic rings. The van der Waals surface area contributed by atoms with E-state index in [-0.39, 0.29) is 41.2 Å². The van der Waals surface area contributed by atoms with Crippen LogP contribution in [0.3, 0.4) is 0 Å². The van der Waals surface area contributed by atoms with Gasteiger partial charge in [-0.15, -0.1) is 0 Å². The molecule has 0 spiro atoms. The van der Waals surface area contributed by atoms with Crippen molar-refractivity contribution in [3.63, 3.8) is 0 Å². The summed E-state index contributed by atoms with van der Waals surface area (Å²) in [5.74, 6) is -2.88. The molecule has 2 amide bonds. The number of piperazine rings is 1. The number of fused-ring (bicyclic) bond motifs is 1. The van der Waals surface area contributed by atoms with Crippen LogP contribution in [0.25, 0.3) is 10.9 Å². The topological polar surface area (TPSA) is 67.7 Å². The molecule has 3 heterocycles. The molecule has 156 valence electrons. The number of aryl methyl sites for hydroxylation is 1. The molecule has 1 aromatic carbocycles. The van der Waals surface area contributed by atoms with Crippen LogP contribution in [0.5, 0.6) is 0 Å². The van der Waals surface area contributed by atoms with Gasteiger partial charge in [-0.25, -0.2) is 13.6 Å². The fraction of sp³-hybridized carbons (Fsp3) is 0.526. The van der Waals surface area contributed by atoms with Gasteiger partial charge in [0.15, 0.2) is 11.6 Å².